The van der Waals surface area contributed by atoms with Crippen LogP contribution >= 0.6 is 0 Å². The molecule has 0 fully saturated rings. The minimum Gasteiger partial charge on any atom is -0.455 e. The molecular formula is C18H16N2O3. The van der Waals surface area contributed by atoms with Crippen molar-refractivity contribution in [3.05, 3.63) is 65.2 Å². The number of rotatable bonds is 5. The summed E-state index contributed by atoms with van der Waals surface area (Å²) in [5.41, 5.74) is 2.81. The van der Waals surface area contributed by atoms with Gasteiger partial charge in [0, 0.05) is 5.69 Å². The van der Waals surface area contributed by atoms with Gasteiger partial charge < -0.3 is 10.1 Å². The summed E-state index contributed by atoms with van der Waals surface area (Å²) in [7, 11) is 0. The van der Waals surface area contributed by atoms with Gasteiger partial charge >= 0.3 is 5.97 Å². The van der Waals surface area contributed by atoms with Crippen molar-refractivity contribution in [2.24, 2.45) is 0 Å². The topological polar surface area (TPSA) is 79.2 Å². The zero-order valence-electron chi connectivity index (χ0n) is 12.7. The van der Waals surface area contributed by atoms with Crippen molar-refractivity contribution in [1.82, 2.24) is 0 Å². The molecule has 1 N–H and O–H groups in total. The van der Waals surface area contributed by atoms with Crippen LogP contribution in [0.4, 0.5) is 5.69 Å². The normalized spacial score (nSPS) is 9.74. The highest BCUT2D eigenvalue weighted by Crippen LogP contribution is 2.10. The number of ether oxygens (including phenoxy) is 1. The Hall–Kier alpha value is -3.13. The Kier molecular flexibility index (Phi) is 5.48. The minimum absolute atomic E-state index is 0.129. The molecule has 0 saturated carbocycles. The first-order valence-electron chi connectivity index (χ1n) is 7.08. The zero-order chi connectivity index (χ0) is 16.7. The zero-order valence-corrected chi connectivity index (χ0v) is 12.7. The summed E-state index contributed by atoms with van der Waals surface area (Å²) in [6, 6.07) is 16.0. The molecule has 0 bridgehead atoms. The van der Waals surface area contributed by atoms with E-state index in [0.29, 0.717) is 11.3 Å². The van der Waals surface area contributed by atoms with Crippen molar-refractivity contribution >= 4 is 17.6 Å². The van der Waals surface area contributed by atoms with Crippen LogP contribution < -0.4 is 5.32 Å². The summed E-state index contributed by atoms with van der Waals surface area (Å²) in [6.07, 6.45) is 0.129. The second-order valence-corrected chi connectivity index (χ2v) is 5.00. The lowest BCUT2D eigenvalue weighted by Crippen LogP contribution is -2.21. The summed E-state index contributed by atoms with van der Waals surface area (Å²) in [5.74, 6) is -0.904. The molecule has 116 valence electrons. The van der Waals surface area contributed by atoms with E-state index in [0.717, 1.165) is 11.1 Å². The number of amides is 1. The van der Waals surface area contributed by atoms with E-state index >= 15 is 0 Å². The van der Waals surface area contributed by atoms with Gasteiger partial charge in [-0.05, 0) is 36.2 Å². The van der Waals surface area contributed by atoms with Crippen LogP contribution in [0.5, 0.6) is 0 Å². The first kappa shape index (κ1) is 16.2. The van der Waals surface area contributed by atoms with E-state index in [-0.39, 0.29) is 13.0 Å². The molecule has 0 unspecified atom stereocenters. The molecule has 2 aromatic rings. The van der Waals surface area contributed by atoms with E-state index in [1.54, 1.807) is 24.3 Å². The molecule has 0 radical (unpaired) electrons. The number of carbonyl (C=O) groups is 2. The lowest BCUT2D eigenvalue weighted by molar-refractivity contribution is -0.146. The number of esters is 1. The average molecular weight is 308 g/mol. The molecule has 0 aliphatic heterocycles. The van der Waals surface area contributed by atoms with Crippen molar-refractivity contribution in [2.45, 2.75) is 13.3 Å². The number of hydrogen-bond acceptors (Lipinski definition) is 4. The van der Waals surface area contributed by atoms with E-state index in [1.807, 2.05) is 37.3 Å². The van der Waals surface area contributed by atoms with Crippen molar-refractivity contribution in [1.29, 1.82) is 5.26 Å². The Morgan fingerprint density at radius 1 is 1.17 bits per heavy atom. The second-order valence-electron chi connectivity index (χ2n) is 5.00. The summed E-state index contributed by atoms with van der Waals surface area (Å²) in [6.45, 7) is 1.55. The van der Waals surface area contributed by atoms with E-state index in [1.165, 1.54) is 0 Å². The third-order valence-corrected chi connectivity index (χ3v) is 3.24. The third-order valence-electron chi connectivity index (χ3n) is 3.24. The van der Waals surface area contributed by atoms with Crippen molar-refractivity contribution in [2.75, 3.05) is 11.9 Å². The van der Waals surface area contributed by atoms with Crippen LogP contribution in [-0.2, 0) is 20.7 Å². The van der Waals surface area contributed by atoms with Gasteiger partial charge in [0.2, 0.25) is 0 Å². The number of nitrogens with one attached hydrogen (secondary N) is 1. The number of nitrogens with zero attached hydrogens (tertiary/aromatic N) is 1. The first-order valence-corrected chi connectivity index (χ1v) is 7.08. The largest absolute Gasteiger partial charge is 0.455 e. The van der Waals surface area contributed by atoms with Gasteiger partial charge in [-0.25, -0.2) is 0 Å². The molecule has 0 aliphatic rings. The summed E-state index contributed by atoms with van der Waals surface area (Å²) in [4.78, 5) is 23.5. The number of nitriles is 1. The number of aryl methyl sites for hydroxylation is 1. The lowest BCUT2D eigenvalue weighted by atomic mass is 10.1. The molecule has 0 saturated heterocycles. The highest BCUT2D eigenvalue weighted by molar-refractivity contribution is 5.93. The Bertz CT molecular complexity index is 763. The molecule has 23 heavy (non-hydrogen) atoms. The number of benzene rings is 2. The predicted molar refractivity (Wildman–Crippen MR) is 85.6 cm³/mol. The fraction of sp³-hybridized carbons (Fsp3) is 0.167. The molecule has 2 rings (SSSR count). The maximum absolute atomic E-state index is 11.8. The van der Waals surface area contributed by atoms with Gasteiger partial charge in [0.1, 0.15) is 0 Å². The average Bonchev–Trinajstić information content (AvgIpc) is 2.55. The summed E-state index contributed by atoms with van der Waals surface area (Å²) < 4.78 is 4.98. The van der Waals surface area contributed by atoms with Gasteiger partial charge in [-0.2, -0.15) is 5.26 Å². The van der Waals surface area contributed by atoms with Crippen LogP contribution in [0.1, 0.15) is 16.7 Å². The molecule has 0 spiro atoms. The second kappa shape index (κ2) is 7.76. The molecule has 0 aliphatic carbocycles. The third kappa shape index (κ3) is 4.97. The predicted octanol–water partition coefficient (Wildman–Crippen LogP) is 2.59. The summed E-state index contributed by atoms with van der Waals surface area (Å²) in [5, 5.41) is 11.4. The Morgan fingerprint density at radius 3 is 2.70 bits per heavy atom. The van der Waals surface area contributed by atoms with Crippen molar-refractivity contribution in [3.63, 3.8) is 0 Å². The van der Waals surface area contributed by atoms with Crippen LogP contribution in [0, 0.1) is 18.3 Å². The molecule has 5 heteroatoms. The fourth-order valence-corrected chi connectivity index (χ4v) is 2.02. The van der Waals surface area contributed by atoms with Gasteiger partial charge in [0.25, 0.3) is 5.91 Å². The first-order chi connectivity index (χ1) is 11.1. The quantitative estimate of drug-likeness (QED) is 0.861. The molecule has 0 aromatic heterocycles. The molecular weight excluding hydrogens is 292 g/mol. The maximum atomic E-state index is 11.8. The Balaban J connectivity index is 1.83. The molecule has 0 heterocycles. The minimum atomic E-state index is -0.458. The molecule has 1 amide bonds. The SMILES string of the molecule is Cc1ccccc1CC(=O)OCC(=O)Nc1cccc(C#N)c1. The van der Waals surface area contributed by atoms with Gasteiger partial charge in [-0.15, -0.1) is 0 Å². The van der Waals surface area contributed by atoms with Crippen LogP contribution in [0.3, 0.4) is 0 Å². The standard InChI is InChI=1S/C18H16N2O3/c1-13-5-2-3-7-15(13)10-18(22)23-12-17(21)20-16-8-4-6-14(9-16)11-19/h2-9H,10,12H2,1H3,(H,20,21). The highest BCUT2D eigenvalue weighted by atomic mass is 16.5. The van der Waals surface area contributed by atoms with E-state index in [2.05, 4.69) is 5.32 Å². The highest BCUT2D eigenvalue weighted by Gasteiger charge is 2.10. The van der Waals surface area contributed by atoms with Gasteiger partial charge in [-0.1, -0.05) is 30.3 Å². The van der Waals surface area contributed by atoms with Crippen LogP contribution in [0.15, 0.2) is 48.5 Å². The number of hydrogen-bond donors (Lipinski definition) is 1. The number of anilines is 1. The van der Waals surface area contributed by atoms with Gasteiger partial charge in [0.05, 0.1) is 18.1 Å². The molecule has 0 atom stereocenters. The Labute approximate surface area is 134 Å². The lowest BCUT2D eigenvalue weighted by Gasteiger charge is -2.08. The Morgan fingerprint density at radius 2 is 1.96 bits per heavy atom. The molecule has 5 nitrogen and oxygen atoms in total. The van der Waals surface area contributed by atoms with Crippen molar-refractivity contribution < 1.29 is 14.3 Å². The fourth-order valence-electron chi connectivity index (χ4n) is 2.02. The van der Waals surface area contributed by atoms with Crippen molar-refractivity contribution in [3.8, 4) is 6.07 Å². The van der Waals surface area contributed by atoms with Gasteiger partial charge in [0.15, 0.2) is 6.61 Å². The monoisotopic (exact) mass is 308 g/mol. The smallest absolute Gasteiger partial charge is 0.310 e. The van der Waals surface area contributed by atoms with Crippen LogP contribution in [0.25, 0.3) is 0 Å². The summed E-state index contributed by atoms with van der Waals surface area (Å²) >= 11 is 0. The van der Waals surface area contributed by atoms with Crippen LogP contribution in [0.2, 0.25) is 0 Å². The molecule has 2 aromatic carbocycles. The number of carbonyl (C=O) groups excluding carboxylic acids is 2. The van der Waals surface area contributed by atoms with E-state index in [9.17, 15) is 9.59 Å². The van der Waals surface area contributed by atoms with Gasteiger partial charge in [-0.3, -0.25) is 9.59 Å². The maximum Gasteiger partial charge on any atom is 0.310 e. The van der Waals surface area contributed by atoms with E-state index in [4.69, 9.17) is 10.00 Å². The van der Waals surface area contributed by atoms with Crippen LogP contribution in [-0.4, -0.2) is 18.5 Å². The van der Waals surface area contributed by atoms with E-state index < -0.39 is 11.9 Å².